The molecule has 10 heteroatoms. The Hall–Kier alpha value is -4.34. The molecule has 2 N–H and O–H groups in total. The molecule has 1 aromatic heterocycles. The summed E-state index contributed by atoms with van der Waals surface area (Å²) in [5, 5.41) is 12.7. The maximum atomic E-state index is 12.9. The highest BCUT2D eigenvalue weighted by Gasteiger charge is 2.23. The van der Waals surface area contributed by atoms with Gasteiger partial charge in [0.1, 0.15) is 22.5 Å². The second-order valence-electron chi connectivity index (χ2n) is 6.93. The SMILES string of the molecule is CCCNC(=O)Oc1ccc(-c2cc(=O)c3c(OC(C)=O)c(OC(C)=O)c(O)cc3o2)cc1. The van der Waals surface area contributed by atoms with Gasteiger partial charge >= 0.3 is 18.0 Å². The van der Waals surface area contributed by atoms with Crippen molar-refractivity contribution in [3.05, 3.63) is 46.6 Å². The number of phenolic OH excluding ortho intramolecular Hbond substituents is 1. The van der Waals surface area contributed by atoms with E-state index >= 15 is 0 Å². The first kappa shape index (κ1) is 23.3. The van der Waals surface area contributed by atoms with Gasteiger partial charge in [0.15, 0.2) is 16.9 Å². The smallest absolute Gasteiger partial charge is 0.412 e. The molecule has 0 aliphatic rings. The number of carbonyl (C=O) groups excluding carboxylic acids is 3. The van der Waals surface area contributed by atoms with E-state index in [9.17, 15) is 24.3 Å². The second kappa shape index (κ2) is 9.86. The van der Waals surface area contributed by atoms with Crippen molar-refractivity contribution in [1.29, 1.82) is 0 Å². The van der Waals surface area contributed by atoms with Crippen LogP contribution in [-0.2, 0) is 9.59 Å². The molecule has 0 spiro atoms. The highest BCUT2D eigenvalue weighted by Crippen LogP contribution is 2.43. The zero-order chi connectivity index (χ0) is 24.1. The first-order valence-corrected chi connectivity index (χ1v) is 9.96. The van der Waals surface area contributed by atoms with Crippen LogP contribution in [0.2, 0.25) is 0 Å². The summed E-state index contributed by atoms with van der Waals surface area (Å²) >= 11 is 0. The third-order valence-electron chi connectivity index (χ3n) is 4.27. The van der Waals surface area contributed by atoms with E-state index in [2.05, 4.69) is 5.32 Å². The molecule has 0 atom stereocenters. The van der Waals surface area contributed by atoms with E-state index in [-0.39, 0.29) is 22.5 Å². The van der Waals surface area contributed by atoms with Gasteiger partial charge in [-0.3, -0.25) is 14.4 Å². The molecule has 1 heterocycles. The van der Waals surface area contributed by atoms with Crippen LogP contribution in [0, 0.1) is 0 Å². The van der Waals surface area contributed by atoms with Gasteiger partial charge in [-0.1, -0.05) is 6.92 Å². The number of aromatic hydroxyl groups is 1. The summed E-state index contributed by atoms with van der Waals surface area (Å²) in [5.74, 6) is -2.60. The van der Waals surface area contributed by atoms with Crippen LogP contribution in [-0.4, -0.2) is 29.7 Å². The lowest BCUT2D eigenvalue weighted by Crippen LogP contribution is -2.27. The average Bonchev–Trinajstić information content (AvgIpc) is 2.74. The third-order valence-corrected chi connectivity index (χ3v) is 4.27. The Kier molecular flexibility index (Phi) is 6.97. The molecule has 3 aromatic rings. The standard InChI is InChI=1S/C23H21NO9/c1-4-9-24-23(29)32-15-7-5-14(6-8-15)18-10-16(27)20-19(33-18)11-17(28)21(30-12(2)25)22(20)31-13(3)26/h5-8,10-11,28H,4,9H2,1-3H3,(H,24,29). The number of hydrogen-bond acceptors (Lipinski definition) is 9. The fourth-order valence-electron chi connectivity index (χ4n) is 2.94. The number of fused-ring (bicyclic) bond motifs is 1. The Morgan fingerprint density at radius 2 is 1.61 bits per heavy atom. The Morgan fingerprint density at radius 3 is 2.21 bits per heavy atom. The summed E-state index contributed by atoms with van der Waals surface area (Å²) < 4.78 is 20.9. The van der Waals surface area contributed by atoms with Crippen LogP contribution < -0.4 is 25.0 Å². The Bertz CT molecular complexity index is 1280. The van der Waals surface area contributed by atoms with Gasteiger partial charge in [0.2, 0.25) is 5.75 Å². The molecule has 172 valence electrons. The molecule has 0 aliphatic heterocycles. The quantitative estimate of drug-likeness (QED) is 0.422. The first-order valence-electron chi connectivity index (χ1n) is 9.96. The monoisotopic (exact) mass is 455 g/mol. The highest BCUT2D eigenvalue weighted by molar-refractivity contribution is 5.93. The zero-order valence-corrected chi connectivity index (χ0v) is 18.1. The molecule has 10 nitrogen and oxygen atoms in total. The fraction of sp³-hybridized carbons (Fsp3) is 0.217. The van der Waals surface area contributed by atoms with Crippen LogP contribution in [0.25, 0.3) is 22.3 Å². The van der Waals surface area contributed by atoms with Crippen molar-refractivity contribution in [2.24, 2.45) is 0 Å². The van der Waals surface area contributed by atoms with Crippen molar-refractivity contribution in [2.45, 2.75) is 27.2 Å². The Labute approximate surface area is 187 Å². The largest absolute Gasteiger partial charge is 0.504 e. The van der Waals surface area contributed by atoms with Gasteiger partial charge in [-0.05, 0) is 30.7 Å². The van der Waals surface area contributed by atoms with Crippen LogP contribution in [0.4, 0.5) is 4.79 Å². The van der Waals surface area contributed by atoms with Crippen LogP contribution in [0.3, 0.4) is 0 Å². The van der Waals surface area contributed by atoms with Crippen molar-refractivity contribution in [1.82, 2.24) is 5.32 Å². The van der Waals surface area contributed by atoms with Crippen molar-refractivity contribution < 1.29 is 38.1 Å². The number of amides is 1. The van der Waals surface area contributed by atoms with Gasteiger partial charge in [-0.15, -0.1) is 0 Å². The average molecular weight is 455 g/mol. The minimum atomic E-state index is -0.794. The molecule has 0 unspecified atom stereocenters. The van der Waals surface area contributed by atoms with E-state index < -0.39 is 40.7 Å². The van der Waals surface area contributed by atoms with E-state index in [0.717, 1.165) is 32.4 Å². The lowest BCUT2D eigenvalue weighted by Gasteiger charge is -2.13. The van der Waals surface area contributed by atoms with Gasteiger partial charge < -0.3 is 29.1 Å². The van der Waals surface area contributed by atoms with E-state index in [4.69, 9.17) is 18.6 Å². The van der Waals surface area contributed by atoms with Crippen molar-refractivity contribution in [3.63, 3.8) is 0 Å². The topological polar surface area (TPSA) is 141 Å². The summed E-state index contributed by atoms with van der Waals surface area (Å²) in [7, 11) is 0. The van der Waals surface area contributed by atoms with E-state index in [1.54, 1.807) is 12.1 Å². The molecule has 33 heavy (non-hydrogen) atoms. The fourth-order valence-corrected chi connectivity index (χ4v) is 2.94. The van der Waals surface area contributed by atoms with Crippen LogP contribution in [0.1, 0.15) is 27.2 Å². The maximum Gasteiger partial charge on any atom is 0.412 e. The number of rotatable bonds is 6. The molecule has 3 rings (SSSR count). The molecule has 2 aromatic carbocycles. The predicted molar refractivity (Wildman–Crippen MR) is 117 cm³/mol. The summed E-state index contributed by atoms with van der Waals surface area (Å²) in [6, 6.07) is 8.45. The van der Waals surface area contributed by atoms with E-state index in [1.165, 1.54) is 12.1 Å². The molecule has 1 amide bonds. The second-order valence-corrected chi connectivity index (χ2v) is 6.93. The number of esters is 2. The highest BCUT2D eigenvalue weighted by atomic mass is 16.6. The minimum Gasteiger partial charge on any atom is -0.504 e. The maximum absolute atomic E-state index is 12.9. The van der Waals surface area contributed by atoms with Crippen LogP contribution >= 0.6 is 0 Å². The lowest BCUT2D eigenvalue weighted by atomic mass is 10.1. The summed E-state index contributed by atoms with van der Waals surface area (Å²) in [6.45, 7) is 4.59. The molecule has 0 radical (unpaired) electrons. The van der Waals surface area contributed by atoms with Gasteiger partial charge in [0, 0.05) is 38.1 Å². The third kappa shape index (κ3) is 5.48. The number of ether oxygens (including phenoxy) is 3. The number of carbonyl (C=O) groups is 3. The van der Waals surface area contributed by atoms with Gasteiger partial charge in [-0.2, -0.15) is 0 Å². The molecule has 0 aliphatic carbocycles. The minimum absolute atomic E-state index is 0.0959. The number of phenols is 1. The molecule has 0 fully saturated rings. The number of nitrogens with one attached hydrogen (secondary N) is 1. The molecule has 0 saturated carbocycles. The van der Waals surface area contributed by atoms with Crippen LogP contribution in [0.15, 0.2) is 45.6 Å². The summed E-state index contributed by atoms with van der Waals surface area (Å²) in [4.78, 5) is 47.5. The molecule has 0 bridgehead atoms. The first-order chi connectivity index (χ1) is 15.7. The number of hydrogen-bond donors (Lipinski definition) is 2. The lowest BCUT2D eigenvalue weighted by molar-refractivity contribution is -0.134. The van der Waals surface area contributed by atoms with Crippen molar-refractivity contribution in [2.75, 3.05) is 6.54 Å². The van der Waals surface area contributed by atoms with Gasteiger partial charge in [0.05, 0.1) is 0 Å². The zero-order valence-electron chi connectivity index (χ0n) is 18.1. The summed E-state index contributed by atoms with van der Waals surface area (Å²) in [6.07, 6.45) is 0.186. The summed E-state index contributed by atoms with van der Waals surface area (Å²) in [5.41, 5.74) is -0.218. The predicted octanol–water partition coefficient (Wildman–Crippen LogP) is 3.51. The van der Waals surface area contributed by atoms with Gasteiger partial charge in [0.25, 0.3) is 0 Å². The normalized spacial score (nSPS) is 10.5. The molecular formula is C23H21NO9. The Balaban J connectivity index is 2.03. The van der Waals surface area contributed by atoms with Gasteiger partial charge in [-0.25, -0.2) is 4.79 Å². The van der Waals surface area contributed by atoms with Crippen molar-refractivity contribution >= 4 is 29.0 Å². The molecule has 0 saturated heterocycles. The Morgan fingerprint density at radius 1 is 0.970 bits per heavy atom. The number of benzene rings is 2. The van der Waals surface area contributed by atoms with E-state index in [0.29, 0.717) is 12.1 Å². The van der Waals surface area contributed by atoms with E-state index in [1.807, 2.05) is 6.92 Å². The molecular weight excluding hydrogens is 434 g/mol. The van der Waals surface area contributed by atoms with Crippen LogP contribution in [0.5, 0.6) is 23.0 Å². The van der Waals surface area contributed by atoms with Crippen molar-refractivity contribution in [3.8, 4) is 34.3 Å².